The van der Waals surface area contributed by atoms with Gasteiger partial charge in [0.15, 0.2) is 6.23 Å². The lowest BCUT2D eigenvalue weighted by Gasteiger charge is -2.41. The molecule has 13 nitrogen and oxygen atoms in total. The average molecular weight is 806 g/mol. The van der Waals surface area contributed by atoms with E-state index in [9.17, 15) is 19.2 Å². The van der Waals surface area contributed by atoms with Gasteiger partial charge in [0.1, 0.15) is 6.04 Å². The highest BCUT2D eigenvalue weighted by Crippen LogP contribution is 2.32. The van der Waals surface area contributed by atoms with E-state index in [1.165, 1.54) is 7.11 Å². The molecule has 2 aromatic carbocycles. The topological polar surface area (TPSA) is 150 Å². The van der Waals surface area contributed by atoms with Crippen LogP contribution in [0.15, 0.2) is 45.3 Å². The van der Waals surface area contributed by atoms with E-state index in [1.54, 1.807) is 4.90 Å². The molecule has 3 fully saturated rings. The molecule has 15 heteroatoms. The molecule has 2 aromatic rings. The number of para-hydroxylation sites is 1. The van der Waals surface area contributed by atoms with Crippen LogP contribution in [-0.2, 0) is 27.2 Å². The first kappa shape index (κ1) is 35.3. The van der Waals surface area contributed by atoms with Gasteiger partial charge in [-0.15, -0.1) is 0 Å². The lowest BCUT2D eigenvalue weighted by Crippen LogP contribution is -2.57. The van der Waals surface area contributed by atoms with E-state index < -0.39 is 12.2 Å². The molecule has 3 saturated heterocycles. The molecule has 6 rings (SSSR count). The van der Waals surface area contributed by atoms with Crippen molar-refractivity contribution in [2.24, 2.45) is 0 Å². The van der Waals surface area contributed by atoms with Crippen molar-refractivity contribution in [1.29, 1.82) is 0 Å². The van der Waals surface area contributed by atoms with Gasteiger partial charge in [0.2, 0.25) is 5.91 Å². The highest BCUT2D eigenvalue weighted by atomic mass is 79.9. The minimum absolute atomic E-state index is 0.00818. The minimum atomic E-state index is -0.796. The van der Waals surface area contributed by atoms with E-state index >= 15 is 0 Å². The van der Waals surface area contributed by atoms with Gasteiger partial charge in [-0.25, -0.2) is 14.4 Å². The van der Waals surface area contributed by atoms with Crippen LogP contribution >= 0.6 is 31.9 Å². The van der Waals surface area contributed by atoms with Gasteiger partial charge < -0.3 is 40.5 Å². The summed E-state index contributed by atoms with van der Waals surface area (Å²) in [4.78, 5) is 60.1. The van der Waals surface area contributed by atoms with Crippen LogP contribution in [0.4, 0.5) is 25.8 Å². The van der Waals surface area contributed by atoms with Gasteiger partial charge in [-0.05, 0) is 99.7 Å². The average Bonchev–Trinajstić information content (AvgIpc) is 3.57. The first-order chi connectivity index (χ1) is 23.6. The summed E-state index contributed by atoms with van der Waals surface area (Å²) in [6.07, 6.45) is 3.71. The van der Waals surface area contributed by atoms with Gasteiger partial charge in [-0.2, -0.15) is 0 Å². The van der Waals surface area contributed by atoms with Gasteiger partial charge in [0, 0.05) is 72.4 Å². The van der Waals surface area contributed by atoms with Crippen molar-refractivity contribution in [3.05, 3.63) is 56.5 Å². The largest absolute Gasteiger partial charge is 0.509 e. The number of halogens is 2. The molecule has 0 aromatic heterocycles. The fraction of sp³-hybridized carbons (Fsp3) is 0.529. The number of rotatable bonds is 7. The van der Waals surface area contributed by atoms with E-state index in [1.807, 2.05) is 46.2 Å². The number of amides is 5. The van der Waals surface area contributed by atoms with Crippen LogP contribution in [0.3, 0.4) is 0 Å². The second-order valence-electron chi connectivity index (χ2n) is 13.1. The van der Waals surface area contributed by atoms with Crippen molar-refractivity contribution in [2.45, 2.75) is 75.8 Å². The fourth-order valence-electron chi connectivity index (χ4n) is 7.43. The van der Waals surface area contributed by atoms with Gasteiger partial charge in [0.05, 0.1) is 12.8 Å². The summed E-state index contributed by atoms with van der Waals surface area (Å²) < 4.78 is 11.6. The zero-order valence-corrected chi connectivity index (χ0v) is 30.7. The van der Waals surface area contributed by atoms with Crippen molar-refractivity contribution < 1.29 is 28.7 Å². The highest BCUT2D eigenvalue weighted by molar-refractivity contribution is 9.11. The van der Waals surface area contributed by atoms with Crippen molar-refractivity contribution in [3.63, 3.8) is 0 Å². The van der Waals surface area contributed by atoms with Gasteiger partial charge in [0.25, 0.3) is 0 Å². The molecule has 0 radical (unpaired) electrons. The Hall–Kier alpha value is -3.56. The number of nitrogens with zero attached hydrogens (tertiary/aromatic N) is 4. The quantitative estimate of drug-likeness (QED) is 0.258. The lowest BCUT2D eigenvalue weighted by atomic mass is 9.99. The monoisotopic (exact) mass is 803 g/mol. The molecule has 0 unspecified atom stereocenters. The zero-order chi connectivity index (χ0) is 34.7. The number of carbonyl (C=O) groups is 4. The van der Waals surface area contributed by atoms with E-state index in [2.05, 4.69) is 47.4 Å². The smallest absolute Gasteiger partial charge is 0.438 e. The molecule has 0 aliphatic carbocycles. The number of nitrogens with two attached hydrogens (primary N) is 1. The number of urea groups is 2. The second-order valence-corrected chi connectivity index (χ2v) is 14.8. The van der Waals surface area contributed by atoms with E-state index in [0.29, 0.717) is 60.2 Å². The molecule has 5 amide bonds. The van der Waals surface area contributed by atoms with Crippen LogP contribution in [0, 0.1) is 0 Å². The third kappa shape index (κ3) is 8.09. The summed E-state index contributed by atoms with van der Waals surface area (Å²) >= 11 is 7.01. The number of benzene rings is 2. The van der Waals surface area contributed by atoms with E-state index in [0.717, 1.165) is 49.0 Å². The molecule has 49 heavy (non-hydrogen) atoms. The standard InChI is InChI=1S/C34H43Br2N7O6/c1-48-34(47)49-29-7-4-12-42(29)23-8-13-40(14-9-23)31(44)28(19-21-17-25(35)30(37)26(36)18-21)39-32(45)41-15-10-24(11-16-41)43-20-22-5-2-3-6-27(22)38-33(43)46/h2-3,5-6,17-18,23-24,28-29H,4,7-16,19-20,37H2,1H3,(H,38,46)(H,39,45)/t28-,29+/m1/s1. The SMILES string of the molecule is COC(=O)O[C@H]1CCCN1C1CCN(C(=O)[C@@H](Cc2cc(Br)c(N)c(Br)c2)NC(=O)N2CCC(N3Cc4ccccc4NC3=O)CC2)CC1. The number of anilines is 2. The number of hydrogen-bond acceptors (Lipinski definition) is 8. The zero-order valence-electron chi connectivity index (χ0n) is 27.5. The van der Waals surface area contributed by atoms with Crippen LogP contribution in [0.2, 0.25) is 0 Å². The Bertz CT molecular complexity index is 1540. The maximum absolute atomic E-state index is 14.1. The van der Waals surface area contributed by atoms with E-state index in [4.69, 9.17) is 15.2 Å². The molecule has 0 spiro atoms. The number of nitrogen functional groups attached to an aromatic ring is 1. The number of ether oxygens (including phenoxy) is 2. The van der Waals surface area contributed by atoms with E-state index in [-0.39, 0.29) is 42.7 Å². The normalized spacial score (nSPS) is 21.2. The molecule has 264 valence electrons. The summed E-state index contributed by atoms with van der Waals surface area (Å²) in [5.41, 5.74) is 9.45. The molecular weight excluding hydrogens is 762 g/mol. The van der Waals surface area contributed by atoms with Crippen molar-refractivity contribution in [3.8, 4) is 0 Å². The molecule has 4 N–H and O–H groups in total. The molecule has 0 bridgehead atoms. The van der Waals surface area contributed by atoms with Crippen molar-refractivity contribution in [2.75, 3.05) is 50.9 Å². The van der Waals surface area contributed by atoms with Crippen LogP contribution in [-0.4, -0.2) is 108 Å². The summed E-state index contributed by atoms with van der Waals surface area (Å²) in [7, 11) is 1.31. The third-order valence-corrected chi connectivity index (χ3v) is 11.4. The molecule has 4 aliphatic heterocycles. The first-order valence-corrected chi connectivity index (χ1v) is 18.4. The summed E-state index contributed by atoms with van der Waals surface area (Å²) in [6.45, 7) is 3.36. The summed E-state index contributed by atoms with van der Waals surface area (Å²) in [5, 5.41) is 6.05. The van der Waals surface area contributed by atoms with Crippen molar-refractivity contribution >= 4 is 67.4 Å². The van der Waals surface area contributed by atoms with Crippen molar-refractivity contribution in [1.82, 2.24) is 24.9 Å². The Kier molecular flexibility index (Phi) is 11.2. The number of carbonyl (C=O) groups excluding carboxylic acids is 4. The van der Waals surface area contributed by atoms with Gasteiger partial charge >= 0.3 is 18.2 Å². The Morgan fingerprint density at radius 1 is 0.959 bits per heavy atom. The number of fused-ring (bicyclic) bond motifs is 1. The second kappa shape index (κ2) is 15.5. The minimum Gasteiger partial charge on any atom is -0.438 e. The van der Waals surface area contributed by atoms with Crippen LogP contribution < -0.4 is 16.4 Å². The molecule has 4 heterocycles. The molecule has 4 aliphatic rings. The predicted octanol–water partition coefficient (Wildman–Crippen LogP) is 5.12. The summed E-state index contributed by atoms with van der Waals surface area (Å²) in [6, 6.07) is 10.5. The predicted molar refractivity (Wildman–Crippen MR) is 191 cm³/mol. The number of nitrogens with one attached hydrogen (secondary N) is 2. The number of likely N-dealkylation sites (tertiary alicyclic amines) is 3. The summed E-state index contributed by atoms with van der Waals surface area (Å²) in [5.74, 6) is -0.141. The third-order valence-electron chi connectivity index (χ3n) is 10.1. The van der Waals surface area contributed by atoms with Crippen LogP contribution in [0.25, 0.3) is 0 Å². The maximum atomic E-state index is 14.1. The molecule has 0 saturated carbocycles. The molecule has 2 atom stereocenters. The Labute approximate surface area is 303 Å². The number of hydrogen-bond donors (Lipinski definition) is 3. The van der Waals surface area contributed by atoms with Gasteiger partial charge in [-0.1, -0.05) is 18.2 Å². The fourth-order valence-corrected chi connectivity index (χ4v) is 8.71. The number of piperidine rings is 2. The van der Waals surface area contributed by atoms with Crippen LogP contribution in [0.1, 0.15) is 49.7 Å². The Morgan fingerprint density at radius 3 is 2.31 bits per heavy atom. The number of methoxy groups -OCH3 is 1. The van der Waals surface area contributed by atoms with Gasteiger partial charge in [-0.3, -0.25) is 9.69 Å². The highest BCUT2D eigenvalue weighted by Gasteiger charge is 2.38. The maximum Gasteiger partial charge on any atom is 0.509 e. The lowest BCUT2D eigenvalue weighted by molar-refractivity contribution is -0.135. The molecular formula is C34H43Br2N7O6. The Balaban J connectivity index is 1.09. The Morgan fingerprint density at radius 2 is 1.61 bits per heavy atom. The first-order valence-electron chi connectivity index (χ1n) is 16.8. The van der Waals surface area contributed by atoms with Crippen LogP contribution in [0.5, 0.6) is 0 Å².